The predicted octanol–water partition coefficient (Wildman–Crippen LogP) is 4.76. The van der Waals surface area contributed by atoms with Crippen LogP contribution in [0.2, 0.25) is 5.02 Å². The second kappa shape index (κ2) is 14.3. The van der Waals surface area contributed by atoms with Crippen LogP contribution in [0.25, 0.3) is 16.9 Å². The summed E-state index contributed by atoms with van der Waals surface area (Å²) < 4.78 is 31.6. The largest absolute Gasteiger partial charge is 0.493 e. The van der Waals surface area contributed by atoms with E-state index in [0.29, 0.717) is 54.2 Å². The Kier molecular flexibility index (Phi) is 10.1. The molecule has 0 spiro atoms. The lowest BCUT2D eigenvalue weighted by molar-refractivity contribution is -0.117. The van der Waals surface area contributed by atoms with Gasteiger partial charge >= 0.3 is 0 Å². The minimum Gasteiger partial charge on any atom is -0.493 e. The molecule has 1 aromatic heterocycles. The number of morpholine rings is 1. The van der Waals surface area contributed by atoms with Crippen molar-refractivity contribution in [2.24, 2.45) is 0 Å². The third-order valence-corrected chi connectivity index (χ3v) is 7.50. The molecule has 230 valence electrons. The van der Waals surface area contributed by atoms with Gasteiger partial charge in [0, 0.05) is 54.6 Å². The molecule has 4 aromatic rings. The zero-order valence-corrected chi connectivity index (χ0v) is 25.2. The molecule has 0 radical (unpaired) electrons. The van der Waals surface area contributed by atoms with Crippen molar-refractivity contribution in [3.8, 4) is 28.4 Å². The molecule has 0 aliphatic carbocycles. The minimum atomic E-state index is -0.447. The Morgan fingerprint density at radius 2 is 1.70 bits per heavy atom. The van der Waals surface area contributed by atoms with Crippen LogP contribution in [-0.4, -0.2) is 91.3 Å². The van der Waals surface area contributed by atoms with Crippen LogP contribution in [0.15, 0.2) is 72.9 Å². The van der Waals surface area contributed by atoms with Gasteiger partial charge in [-0.05, 0) is 48.5 Å². The van der Waals surface area contributed by atoms with Gasteiger partial charge in [-0.25, -0.2) is 9.37 Å². The summed E-state index contributed by atoms with van der Waals surface area (Å²) in [7, 11) is 3.10. The molecule has 12 heteroatoms. The van der Waals surface area contributed by atoms with Gasteiger partial charge < -0.3 is 19.1 Å². The number of halogens is 2. The van der Waals surface area contributed by atoms with Crippen LogP contribution in [0.4, 0.5) is 10.3 Å². The van der Waals surface area contributed by atoms with Gasteiger partial charge in [-0.2, -0.15) is 0 Å². The zero-order valence-electron chi connectivity index (χ0n) is 24.5. The summed E-state index contributed by atoms with van der Waals surface area (Å²) in [5.41, 5.74) is 2.34. The number of carbonyl (C=O) groups excluding carboxylic acids is 2. The molecule has 1 N–H and O–H groups in total. The highest BCUT2D eigenvalue weighted by atomic mass is 35.5. The molecular weight excluding hydrogens is 589 g/mol. The van der Waals surface area contributed by atoms with E-state index in [1.807, 2.05) is 18.2 Å². The summed E-state index contributed by atoms with van der Waals surface area (Å²) in [6, 6.07) is 17.8. The number of ether oxygens (including phenoxy) is 3. The van der Waals surface area contributed by atoms with Crippen LogP contribution in [0, 0.1) is 5.82 Å². The number of nitrogens with one attached hydrogen (secondary N) is 1. The first-order valence-electron chi connectivity index (χ1n) is 14.1. The van der Waals surface area contributed by atoms with Gasteiger partial charge in [0.2, 0.25) is 11.9 Å². The number of anilines is 1. The molecule has 44 heavy (non-hydrogen) atoms. The molecule has 10 nitrogen and oxygen atoms in total. The molecule has 0 unspecified atom stereocenters. The van der Waals surface area contributed by atoms with Crippen LogP contribution in [-0.2, 0) is 9.53 Å². The zero-order chi connectivity index (χ0) is 31.1. The molecule has 3 aromatic carbocycles. The number of hydrogen-bond acceptors (Lipinski definition) is 7. The Bertz CT molecular complexity index is 1590. The third-order valence-electron chi connectivity index (χ3n) is 7.25. The Morgan fingerprint density at radius 3 is 2.39 bits per heavy atom. The molecule has 1 fully saturated rings. The van der Waals surface area contributed by atoms with Gasteiger partial charge in [-0.15, -0.1) is 0 Å². The molecule has 5 rings (SSSR count). The highest BCUT2D eigenvalue weighted by molar-refractivity contribution is 6.30. The number of aromatic nitrogens is 2. The Morgan fingerprint density at radius 1 is 1.00 bits per heavy atom. The number of amides is 2. The summed E-state index contributed by atoms with van der Waals surface area (Å²) in [5.74, 6) is 0.0291. The number of imidazole rings is 1. The predicted molar refractivity (Wildman–Crippen MR) is 165 cm³/mol. The Labute approximate surface area is 259 Å². The summed E-state index contributed by atoms with van der Waals surface area (Å²) >= 11 is 6.10. The van der Waals surface area contributed by atoms with E-state index in [1.54, 1.807) is 49.2 Å². The van der Waals surface area contributed by atoms with Crippen LogP contribution in [0.1, 0.15) is 10.4 Å². The van der Waals surface area contributed by atoms with Crippen molar-refractivity contribution in [1.29, 1.82) is 0 Å². The highest BCUT2D eigenvalue weighted by Gasteiger charge is 2.23. The van der Waals surface area contributed by atoms with Crippen LogP contribution in [0.3, 0.4) is 0 Å². The molecule has 0 bridgehead atoms. The topological polar surface area (TPSA) is 98.2 Å². The van der Waals surface area contributed by atoms with Crippen LogP contribution < -0.4 is 14.8 Å². The lowest BCUT2D eigenvalue weighted by Crippen LogP contribution is -2.45. The average molecular weight is 622 g/mol. The summed E-state index contributed by atoms with van der Waals surface area (Å²) in [4.78, 5) is 35.4. The molecule has 2 heterocycles. The van der Waals surface area contributed by atoms with E-state index in [4.69, 9.17) is 30.8 Å². The quantitative estimate of drug-likeness (QED) is 0.258. The maximum Gasteiger partial charge on any atom is 0.254 e. The van der Waals surface area contributed by atoms with Crippen molar-refractivity contribution in [2.45, 2.75) is 0 Å². The SMILES string of the molecule is COc1ccc(-n2cc(-c3ccc(Cl)cc3)nc2NC(=O)CN(CCN2CCOCC2)C(=O)c2ccc(F)cc2)cc1OC. The minimum absolute atomic E-state index is 0.240. The fraction of sp³-hybridized carbons (Fsp3) is 0.281. The van der Waals surface area contributed by atoms with Gasteiger partial charge in [0.25, 0.3) is 5.91 Å². The standard InChI is InChI=1S/C32H33ClFN5O5/c1-42-28-12-11-26(19-29(28)43-2)39-20-27(22-3-7-24(33)8-4-22)35-32(39)36-30(40)21-38(14-13-37-15-17-44-18-16-37)31(41)23-5-9-25(34)10-6-23/h3-12,19-20H,13-18,21H2,1-2H3,(H,35,36,40). The van der Waals surface area contributed by atoms with Crippen molar-refractivity contribution >= 4 is 29.4 Å². The van der Waals surface area contributed by atoms with Gasteiger partial charge in [-0.3, -0.25) is 24.4 Å². The lowest BCUT2D eigenvalue weighted by atomic mass is 10.2. The Hall–Kier alpha value is -4.45. The van der Waals surface area contributed by atoms with E-state index in [9.17, 15) is 14.0 Å². The summed E-state index contributed by atoms with van der Waals surface area (Å²) in [5, 5.41) is 3.48. The van der Waals surface area contributed by atoms with Gasteiger partial charge in [0.05, 0.1) is 38.8 Å². The van der Waals surface area contributed by atoms with E-state index in [-0.39, 0.29) is 24.0 Å². The number of methoxy groups -OCH3 is 2. The van der Waals surface area contributed by atoms with Gasteiger partial charge in [0.15, 0.2) is 11.5 Å². The van der Waals surface area contributed by atoms with Crippen LogP contribution >= 0.6 is 11.6 Å². The number of rotatable bonds is 11. The fourth-order valence-corrected chi connectivity index (χ4v) is 4.98. The van der Waals surface area contributed by atoms with E-state index in [1.165, 1.54) is 29.2 Å². The first-order chi connectivity index (χ1) is 21.3. The van der Waals surface area contributed by atoms with Crippen molar-refractivity contribution in [3.05, 3.63) is 89.3 Å². The second-order valence-electron chi connectivity index (χ2n) is 10.1. The number of benzene rings is 3. The highest BCUT2D eigenvalue weighted by Crippen LogP contribution is 2.32. The molecule has 1 aliphatic rings. The number of hydrogen-bond donors (Lipinski definition) is 1. The number of carbonyl (C=O) groups is 2. The number of nitrogens with zero attached hydrogens (tertiary/aromatic N) is 4. The monoisotopic (exact) mass is 621 g/mol. The van der Waals surface area contributed by atoms with Crippen LogP contribution in [0.5, 0.6) is 11.5 Å². The molecular formula is C32H33ClFN5O5. The smallest absolute Gasteiger partial charge is 0.254 e. The third kappa shape index (κ3) is 7.54. The van der Waals surface area contributed by atoms with Gasteiger partial charge in [-0.1, -0.05) is 23.7 Å². The molecule has 2 amide bonds. The maximum absolute atomic E-state index is 13.6. The summed E-state index contributed by atoms with van der Waals surface area (Å²) in [6.45, 7) is 3.31. The first-order valence-corrected chi connectivity index (χ1v) is 14.4. The van der Waals surface area contributed by atoms with Crippen molar-refractivity contribution in [2.75, 3.05) is 65.5 Å². The normalized spacial score (nSPS) is 13.4. The van der Waals surface area contributed by atoms with E-state index >= 15 is 0 Å². The molecule has 1 aliphatic heterocycles. The fourth-order valence-electron chi connectivity index (χ4n) is 4.85. The molecule has 0 atom stereocenters. The molecule has 0 saturated carbocycles. The van der Waals surface area contributed by atoms with Gasteiger partial charge in [0.1, 0.15) is 12.4 Å². The second-order valence-corrected chi connectivity index (χ2v) is 10.5. The molecule has 1 saturated heterocycles. The van der Waals surface area contributed by atoms with Crippen molar-refractivity contribution in [1.82, 2.24) is 19.4 Å². The van der Waals surface area contributed by atoms with Crippen molar-refractivity contribution < 1.29 is 28.2 Å². The van der Waals surface area contributed by atoms with E-state index in [2.05, 4.69) is 10.2 Å². The average Bonchev–Trinajstić information content (AvgIpc) is 3.46. The van der Waals surface area contributed by atoms with Crippen molar-refractivity contribution in [3.63, 3.8) is 0 Å². The summed E-state index contributed by atoms with van der Waals surface area (Å²) in [6.07, 6.45) is 1.79. The van der Waals surface area contributed by atoms with E-state index < -0.39 is 11.7 Å². The Balaban J connectivity index is 1.42. The maximum atomic E-state index is 13.6. The first kappa shape index (κ1) is 31.0. The lowest BCUT2D eigenvalue weighted by Gasteiger charge is -2.30. The van der Waals surface area contributed by atoms with E-state index in [0.717, 1.165) is 18.7 Å².